The predicted molar refractivity (Wildman–Crippen MR) is 206 cm³/mol. The molecule has 0 radical (unpaired) electrons. The molecule has 226 valence electrons. The Kier molecular flexibility index (Phi) is 4.69. The first-order chi connectivity index (χ1) is 24.3. The Morgan fingerprint density at radius 2 is 1.02 bits per heavy atom. The van der Waals surface area contributed by atoms with Gasteiger partial charge in [0.05, 0.1) is 38.8 Å². The molecule has 7 aromatic carbocycles. The molecule has 0 unspecified atom stereocenters. The van der Waals surface area contributed by atoms with Gasteiger partial charge in [-0.1, -0.05) is 109 Å². The molecule has 0 bridgehead atoms. The second kappa shape index (κ2) is 9.03. The minimum atomic E-state index is 1.01. The van der Waals surface area contributed by atoms with Crippen molar-refractivity contribution >= 4 is 104 Å². The van der Waals surface area contributed by atoms with Crippen molar-refractivity contribution in [2.24, 2.45) is 0 Å². The molecule has 12 rings (SSSR count). The molecule has 0 aliphatic heterocycles. The Hall–Kier alpha value is -6.65. The zero-order valence-electron chi connectivity index (χ0n) is 26.3. The number of hydrogen-bond acceptors (Lipinski definition) is 2. The molecule has 0 aliphatic rings. The van der Waals surface area contributed by atoms with Gasteiger partial charge in [0, 0.05) is 49.1 Å². The molecule has 0 fully saturated rings. The number of para-hydroxylation sites is 5. The van der Waals surface area contributed by atoms with E-state index in [1.165, 1.54) is 70.5 Å². The average Bonchev–Trinajstić information content (AvgIpc) is 3.88. The Labute approximate surface area is 279 Å². The number of pyridine rings is 1. The summed E-state index contributed by atoms with van der Waals surface area (Å²) in [5.74, 6) is 0. The lowest BCUT2D eigenvalue weighted by Crippen LogP contribution is -2.10. The molecule has 0 N–H and O–H groups in total. The molecule has 49 heavy (non-hydrogen) atoms. The van der Waals surface area contributed by atoms with Crippen LogP contribution in [0.2, 0.25) is 0 Å². The molecule has 0 saturated carbocycles. The second-order valence-electron chi connectivity index (χ2n) is 13.2. The van der Waals surface area contributed by atoms with Gasteiger partial charge in [0.15, 0.2) is 0 Å². The Balaban J connectivity index is 1.33. The summed E-state index contributed by atoms with van der Waals surface area (Å²) in [4.78, 5) is 8.07. The van der Waals surface area contributed by atoms with E-state index in [2.05, 4.69) is 171 Å². The Bertz CT molecular complexity index is 3220. The first-order valence-corrected chi connectivity index (χ1v) is 16.8. The summed E-state index contributed by atoms with van der Waals surface area (Å²) < 4.78 is 4.90. The van der Waals surface area contributed by atoms with Gasteiger partial charge in [0.1, 0.15) is 5.65 Å². The first-order valence-electron chi connectivity index (χ1n) is 16.8. The van der Waals surface area contributed by atoms with Crippen LogP contribution in [0.5, 0.6) is 0 Å². The minimum Gasteiger partial charge on any atom is -0.308 e. The number of anilines is 3. The van der Waals surface area contributed by atoms with Crippen LogP contribution in [0, 0.1) is 0 Å². The second-order valence-corrected chi connectivity index (χ2v) is 13.2. The molecule has 5 aromatic heterocycles. The van der Waals surface area contributed by atoms with Crippen molar-refractivity contribution in [3.05, 3.63) is 158 Å². The molecule has 5 heterocycles. The highest BCUT2D eigenvalue weighted by Gasteiger charge is 2.27. The number of rotatable bonds is 3. The zero-order chi connectivity index (χ0) is 31.8. The third-order valence-electron chi connectivity index (χ3n) is 10.7. The van der Waals surface area contributed by atoms with Crippen LogP contribution < -0.4 is 4.90 Å². The summed E-state index contributed by atoms with van der Waals surface area (Å²) in [7, 11) is 0. The molecule has 4 nitrogen and oxygen atoms in total. The van der Waals surface area contributed by atoms with E-state index < -0.39 is 0 Å². The van der Waals surface area contributed by atoms with Crippen LogP contribution in [-0.4, -0.2) is 13.8 Å². The number of hydrogen-bond donors (Lipinski definition) is 0. The fourth-order valence-electron chi connectivity index (χ4n) is 8.78. The van der Waals surface area contributed by atoms with E-state index >= 15 is 0 Å². The first kappa shape index (κ1) is 25.4. The van der Waals surface area contributed by atoms with E-state index in [1.807, 2.05) is 0 Å². The van der Waals surface area contributed by atoms with Crippen LogP contribution in [0.1, 0.15) is 0 Å². The Morgan fingerprint density at radius 1 is 0.408 bits per heavy atom. The highest BCUT2D eigenvalue weighted by atomic mass is 15.2. The van der Waals surface area contributed by atoms with E-state index in [-0.39, 0.29) is 0 Å². The minimum absolute atomic E-state index is 1.01. The van der Waals surface area contributed by atoms with E-state index in [0.717, 1.165) is 33.7 Å². The summed E-state index contributed by atoms with van der Waals surface area (Å²) in [6.07, 6.45) is 0. The van der Waals surface area contributed by atoms with E-state index in [9.17, 15) is 0 Å². The highest BCUT2D eigenvalue weighted by molar-refractivity contribution is 6.33. The quantitative estimate of drug-likeness (QED) is 0.196. The third-order valence-corrected chi connectivity index (χ3v) is 10.7. The van der Waals surface area contributed by atoms with Gasteiger partial charge in [0.25, 0.3) is 0 Å². The number of nitrogens with zero attached hydrogens (tertiary/aromatic N) is 4. The Morgan fingerprint density at radius 3 is 1.80 bits per heavy atom. The molecular weight excluding hydrogens is 597 g/mol. The van der Waals surface area contributed by atoms with Crippen molar-refractivity contribution < 1.29 is 0 Å². The fourth-order valence-corrected chi connectivity index (χ4v) is 8.78. The maximum absolute atomic E-state index is 5.68. The lowest BCUT2D eigenvalue weighted by atomic mass is 10.0. The lowest BCUT2D eigenvalue weighted by Gasteiger charge is -2.26. The number of benzene rings is 7. The van der Waals surface area contributed by atoms with Crippen LogP contribution in [-0.2, 0) is 0 Å². The molecule has 0 amide bonds. The van der Waals surface area contributed by atoms with Crippen molar-refractivity contribution in [3.63, 3.8) is 0 Å². The smallest absolute Gasteiger partial charge is 0.146 e. The molecule has 0 spiro atoms. The molecule has 0 saturated heterocycles. The standard InChI is InChI=1S/C45H26N4/c1-3-14-28(15-4-1)47(29-16-5-2-6-17-29)38-24-12-22-33-35-25-27-13-7-8-18-30(27)40-41-39(48(43(33)38)44(35)40)26-36-34-21-11-20-32-31-19-9-10-23-37(31)49(42(32)34)45(36)46-41/h1-26H. The van der Waals surface area contributed by atoms with Gasteiger partial charge < -0.3 is 9.30 Å². The van der Waals surface area contributed by atoms with Gasteiger partial charge in [0.2, 0.25) is 0 Å². The maximum Gasteiger partial charge on any atom is 0.146 e. The normalized spacial score (nSPS) is 12.5. The van der Waals surface area contributed by atoms with E-state index in [1.54, 1.807) is 0 Å². The van der Waals surface area contributed by atoms with Crippen molar-refractivity contribution in [3.8, 4) is 0 Å². The van der Waals surface area contributed by atoms with Gasteiger partial charge in [-0.3, -0.25) is 4.40 Å². The number of aromatic nitrogens is 3. The van der Waals surface area contributed by atoms with E-state index in [0.29, 0.717) is 0 Å². The lowest BCUT2D eigenvalue weighted by molar-refractivity contribution is 1.26. The fraction of sp³-hybridized carbons (Fsp3) is 0. The van der Waals surface area contributed by atoms with Crippen LogP contribution in [0.4, 0.5) is 17.1 Å². The van der Waals surface area contributed by atoms with Crippen molar-refractivity contribution in [2.45, 2.75) is 0 Å². The SMILES string of the molecule is c1ccc(N(c2ccccc2)c2cccc3c4cc5ccccc5c5c6nc7c(cc6n(c23)c45)c2cccc3c4ccccc4n7c32)cc1. The van der Waals surface area contributed by atoms with Gasteiger partial charge in [-0.05, 0) is 59.3 Å². The van der Waals surface area contributed by atoms with Crippen molar-refractivity contribution in [2.75, 3.05) is 4.90 Å². The zero-order valence-corrected chi connectivity index (χ0v) is 26.3. The largest absolute Gasteiger partial charge is 0.308 e. The third kappa shape index (κ3) is 3.12. The predicted octanol–water partition coefficient (Wildman–Crippen LogP) is 12.0. The molecule has 12 aromatic rings. The van der Waals surface area contributed by atoms with Gasteiger partial charge in [-0.15, -0.1) is 0 Å². The van der Waals surface area contributed by atoms with Crippen LogP contribution in [0.3, 0.4) is 0 Å². The molecule has 4 heteroatoms. The monoisotopic (exact) mass is 622 g/mol. The van der Waals surface area contributed by atoms with Gasteiger partial charge >= 0.3 is 0 Å². The van der Waals surface area contributed by atoms with Crippen molar-refractivity contribution in [1.29, 1.82) is 0 Å². The topological polar surface area (TPSA) is 25.0 Å². The summed E-state index contributed by atoms with van der Waals surface area (Å²) in [5.41, 5.74) is 11.4. The molecule has 0 aliphatic carbocycles. The highest BCUT2D eigenvalue weighted by Crippen LogP contribution is 2.48. The molecule has 0 atom stereocenters. The van der Waals surface area contributed by atoms with E-state index in [4.69, 9.17) is 4.98 Å². The van der Waals surface area contributed by atoms with Gasteiger partial charge in [-0.2, -0.15) is 0 Å². The number of fused-ring (bicyclic) bond motifs is 14. The average molecular weight is 623 g/mol. The van der Waals surface area contributed by atoms with Gasteiger partial charge in [-0.25, -0.2) is 4.98 Å². The molecular formula is C45H26N4. The van der Waals surface area contributed by atoms with Crippen LogP contribution in [0.25, 0.3) is 87.2 Å². The summed E-state index contributed by atoms with van der Waals surface area (Å²) in [6.45, 7) is 0. The summed E-state index contributed by atoms with van der Waals surface area (Å²) in [5, 5.41) is 11.1. The van der Waals surface area contributed by atoms with Crippen LogP contribution in [0.15, 0.2) is 158 Å². The van der Waals surface area contributed by atoms with Crippen LogP contribution >= 0.6 is 0 Å². The van der Waals surface area contributed by atoms with Crippen molar-refractivity contribution in [1.82, 2.24) is 13.8 Å². The summed E-state index contributed by atoms with van der Waals surface area (Å²) in [6, 6.07) is 57.2. The summed E-state index contributed by atoms with van der Waals surface area (Å²) >= 11 is 0. The maximum atomic E-state index is 5.68.